The summed E-state index contributed by atoms with van der Waals surface area (Å²) in [4.78, 5) is 14.8. The van der Waals surface area contributed by atoms with E-state index in [9.17, 15) is 4.79 Å². The molecule has 3 fully saturated rings. The second kappa shape index (κ2) is 11.4. The maximum absolute atomic E-state index is 12.4. The number of nitrogens with one attached hydrogen (secondary N) is 2. The number of morpholine rings is 1. The van der Waals surface area contributed by atoms with Crippen LogP contribution in [0.15, 0.2) is 24.3 Å². The Morgan fingerprint density at radius 2 is 1.71 bits per heavy atom. The predicted molar refractivity (Wildman–Crippen MR) is 118 cm³/mol. The number of halogens is 2. The van der Waals surface area contributed by atoms with Crippen LogP contribution >= 0.6 is 24.8 Å². The molecule has 7 heteroatoms. The zero-order valence-electron chi connectivity index (χ0n) is 16.4. The molecule has 0 spiro atoms. The summed E-state index contributed by atoms with van der Waals surface area (Å²) < 4.78 is 5.39. The summed E-state index contributed by atoms with van der Waals surface area (Å²) in [5, 5.41) is 6.73. The zero-order chi connectivity index (χ0) is 17.8. The van der Waals surface area contributed by atoms with E-state index in [1.807, 2.05) is 12.1 Å². The molecule has 5 nitrogen and oxygen atoms in total. The third-order valence-electron chi connectivity index (χ3n) is 6.10. The van der Waals surface area contributed by atoms with E-state index < -0.39 is 0 Å². The van der Waals surface area contributed by atoms with Crippen molar-refractivity contribution in [2.75, 3.05) is 38.2 Å². The van der Waals surface area contributed by atoms with Gasteiger partial charge in [0.2, 0.25) is 5.91 Å². The molecule has 1 amide bonds. The minimum absolute atomic E-state index is 0. The number of rotatable bonds is 6. The molecule has 4 rings (SSSR count). The van der Waals surface area contributed by atoms with Crippen molar-refractivity contribution in [2.45, 2.75) is 50.6 Å². The molecule has 158 valence electrons. The number of amides is 1. The van der Waals surface area contributed by atoms with Crippen LogP contribution in [0, 0.1) is 5.92 Å². The van der Waals surface area contributed by atoms with Crippen molar-refractivity contribution in [3.8, 4) is 0 Å². The number of piperidine rings is 1. The van der Waals surface area contributed by atoms with Gasteiger partial charge in [0.15, 0.2) is 0 Å². The molecule has 0 aliphatic carbocycles. The number of fused-ring (bicyclic) bond motifs is 2. The lowest BCUT2D eigenvalue weighted by Crippen LogP contribution is -2.39. The third-order valence-corrected chi connectivity index (χ3v) is 6.10. The number of anilines is 1. The van der Waals surface area contributed by atoms with Gasteiger partial charge in [-0.15, -0.1) is 24.8 Å². The fourth-order valence-electron chi connectivity index (χ4n) is 4.68. The van der Waals surface area contributed by atoms with Crippen molar-refractivity contribution in [1.29, 1.82) is 0 Å². The van der Waals surface area contributed by atoms with Crippen LogP contribution in [0.1, 0.15) is 37.7 Å². The van der Waals surface area contributed by atoms with Gasteiger partial charge in [-0.2, -0.15) is 0 Å². The van der Waals surface area contributed by atoms with Crippen LogP contribution in [-0.2, 0) is 16.0 Å². The minimum atomic E-state index is 0. The first kappa shape index (κ1) is 23.4. The van der Waals surface area contributed by atoms with E-state index in [4.69, 9.17) is 4.74 Å². The van der Waals surface area contributed by atoms with Crippen molar-refractivity contribution < 1.29 is 9.53 Å². The maximum Gasteiger partial charge on any atom is 0.224 e. The lowest BCUT2D eigenvalue weighted by atomic mass is 9.89. The average Bonchev–Trinajstić information content (AvgIpc) is 3.00. The second-order valence-electron chi connectivity index (χ2n) is 8.13. The van der Waals surface area contributed by atoms with E-state index in [0.29, 0.717) is 24.4 Å². The Bertz CT molecular complexity index is 596. The Morgan fingerprint density at radius 3 is 2.36 bits per heavy atom. The van der Waals surface area contributed by atoms with E-state index in [-0.39, 0.29) is 30.7 Å². The third kappa shape index (κ3) is 6.60. The van der Waals surface area contributed by atoms with Crippen molar-refractivity contribution in [2.24, 2.45) is 5.92 Å². The fourth-order valence-corrected chi connectivity index (χ4v) is 4.68. The molecule has 2 atom stereocenters. The smallest absolute Gasteiger partial charge is 0.224 e. The van der Waals surface area contributed by atoms with Crippen molar-refractivity contribution in [1.82, 2.24) is 10.2 Å². The number of hydrogen-bond acceptors (Lipinski definition) is 4. The summed E-state index contributed by atoms with van der Waals surface area (Å²) in [6, 6.07) is 9.66. The maximum atomic E-state index is 12.4. The summed E-state index contributed by atoms with van der Waals surface area (Å²) in [5.74, 6) is 0.707. The van der Waals surface area contributed by atoms with Gasteiger partial charge in [-0.3, -0.25) is 9.69 Å². The highest BCUT2D eigenvalue weighted by Gasteiger charge is 2.34. The van der Waals surface area contributed by atoms with Crippen molar-refractivity contribution in [3.63, 3.8) is 0 Å². The van der Waals surface area contributed by atoms with E-state index in [1.165, 1.54) is 18.4 Å². The van der Waals surface area contributed by atoms with Gasteiger partial charge in [0.05, 0.1) is 13.2 Å². The van der Waals surface area contributed by atoms with E-state index >= 15 is 0 Å². The van der Waals surface area contributed by atoms with Gasteiger partial charge in [-0.1, -0.05) is 12.1 Å². The summed E-state index contributed by atoms with van der Waals surface area (Å²) >= 11 is 0. The van der Waals surface area contributed by atoms with E-state index in [0.717, 1.165) is 57.8 Å². The molecule has 0 radical (unpaired) electrons. The normalized spacial score (nSPS) is 26.8. The van der Waals surface area contributed by atoms with Gasteiger partial charge in [-0.05, 0) is 55.7 Å². The lowest BCUT2D eigenvalue weighted by molar-refractivity contribution is -0.117. The first-order valence-electron chi connectivity index (χ1n) is 10.2. The Hall–Kier alpha value is -0.850. The molecule has 2 unspecified atom stereocenters. The van der Waals surface area contributed by atoms with Crippen molar-refractivity contribution >= 4 is 36.4 Å². The van der Waals surface area contributed by atoms with Crippen molar-refractivity contribution in [3.05, 3.63) is 29.8 Å². The lowest BCUT2D eigenvalue weighted by Gasteiger charge is -2.28. The second-order valence-corrected chi connectivity index (χ2v) is 8.13. The molecule has 2 bridgehead atoms. The molecular weight excluding hydrogens is 397 g/mol. The standard InChI is InChI=1S/C21H31N3O2.2ClH/c25-21(15-17-13-19-5-6-20(14-17)22-19)23-18-3-1-16(2-4-18)7-8-24-9-11-26-12-10-24;;/h1-4,17,19-20,22H,5-15H2,(H,23,25);2*1H. The fraction of sp³-hybridized carbons (Fsp3) is 0.667. The van der Waals surface area contributed by atoms with Gasteiger partial charge < -0.3 is 15.4 Å². The minimum Gasteiger partial charge on any atom is -0.379 e. The van der Waals surface area contributed by atoms with Gasteiger partial charge in [0, 0.05) is 43.8 Å². The number of carbonyl (C=O) groups is 1. The van der Waals surface area contributed by atoms with Crippen LogP contribution in [-0.4, -0.2) is 55.7 Å². The van der Waals surface area contributed by atoms with Gasteiger partial charge in [-0.25, -0.2) is 0 Å². The molecule has 2 N–H and O–H groups in total. The van der Waals surface area contributed by atoms with Crippen LogP contribution in [0.3, 0.4) is 0 Å². The molecule has 1 aromatic carbocycles. The highest BCUT2D eigenvalue weighted by molar-refractivity contribution is 5.90. The Balaban J connectivity index is 0.00000140. The van der Waals surface area contributed by atoms with Crippen LogP contribution in [0.4, 0.5) is 5.69 Å². The number of nitrogens with zero attached hydrogens (tertiary/aromatic N) is 1. The molecule has 3 heterocycles. The summed E-state index contributed by atoms with van der Waals surface area (Å²) in [5.41, 5.74) is 2.24. The van der Waals surface area contributed by atoms with Crippen LogP contribution in [0.2, 0.25) is 0 Å². The Labute approximate surface area is 180 Å². The SMILES string of the molecule is Cl.Cl.O=C(CC1CC2CCC(C1)N2)Nc1ccc(CCN2CCOCC2)cc1. The largest absolute Gasteiger partial charge is 0.379 e. The summed E-state index contributed by atoms with van der Waals surface area (Å²) in [6.07, 6.45) is 6.59. The average molecular weight is 430 g/mol. The molecule has 0 aromatic heterocycles. The van der Waals surface area contributed by atoms with Crippen LogP contribution in [0.25, 0.3) is 0 Å². The monoisotopic (exact) mass is 429 g/mol. The zero-order valence-corrected chi connectivity index (χ0v) is 18.0. The van der Waals surface area contributed by atoms with E-state index in [2.05, 4.69) is 27.7 Å². The predicted octanol–water partition coefficient (Wildman–Crippen LogP) is 3.26. The number of carbonyl (C=O) groups excluding carboxylic acids is 1. The number of ether oxygens (including phenoxy) is 1. The van der Waals surface area contributed by atoms with Crippen LogP contribution in [0.5, 0.6) is 0 Å². The Morgan fingerprint density at radius 1 is 1.07 bits per heavy atom. The van der Waals surface area contributed by atoms with Gasteiger partial charge >= 0.3 is 0 Å². The molecule has 3 aliphatic rings. The molecule has 3 saturated heterocycles. The molecular formula is C21H33Cl2N3O2. The number of hydrogen-bond donors (Lipinski definition) is 2. The molecule has 0 saturated carbocycles. The molecule has 3 aliphatic heterocycles. The van der Waals surface area contributed by atoms with Gasteiger partial charge in [0.25, 0.3) is 0 Å². The Kier molecular flexibility index (Phi) is 9.51. The summed E-state index contributed by atoms with van der Waals surface area (Å²) in [6.45, 7) is 4.85. The van der Waals surface area contributed by atoms with E-state index in [1.54, 1.807) is 0 Å². The first-order valence-corrected chi connectivity index (χ1v) is 10.2. The summed E-state index contributed by atoms with van der Waals surface area (Å²) in [7, 11) is 0. The van der Waals surface area contributed by atoms with Gasteiger partial charge in [0.1, 0.15) is 0 Å². The highest BCUT2D eigenvalue weighted by atomic mass is 35.5. The molecule has 28 heavy (non-hydrogen) atoms. The van der Waals surface area contributed by atoms with Crippen LogP contribution < -0.4 is 10.6 Å². The topological polar surface area (TPSA) is 53.6 Å². The first-order chi connectivity index (χ1) is 12.7. The quantitative estimate of drug-likeness (QED) is 0.728. The molecule has 1 aromatic rings. The number of benzene rings is 1. The highest BCUT2D eigenvalue weighted by Crippen LogP contribution is 2.32.